The Bertz CT molecular complexity index is 319. The van der Waals surface area contributed by atoms with Crippen LogP contribution in [0.2, 0.25) is 0 Å². The summed E-state index contributed by atoms with van der Waals surface area (Å²) in [7, 11) is 2.19. The van der Waals surface area contributed by atoms with E-state index >= 15 is 0 Å². The number of piperazine rings is 1. The number of rotatable bonds is 4. The molecule has 124 valence electrons. The van der Waals surface area contributed by atoms with Gasteiger partial charge < -0.3 is 15.1 Å². The second-order valence-electron chi connectivity index (χ2n) is 7.26. The lowest BCUT2D eigenvalue weighted by molar-refractivity contribution is -0.132. The van der Waals surface area contributed by atoms with E-state index < -0.39 is 0 Å². The van der Waals surface area contributed by atoms with Crippen LogP contribution in [0.5, 0.6) is 0 Å². The summed E-state index contributed by atoms with van der Waals surface area (Å²) in [6, 6.07) is 0.679. The number of halogens is 1. The third kappa shape index (κ3) is 5.76. The van der Waals surface area contributed by atoms with Crippen LogP contribution < -0.4 is 5.32 Å². The van der Waals surface area contributed by atoms with Gasteiger partial charge in [-0.2, -0.15) is 0 Å². The number of carbonyl (C=O) groups excluding carboxylic acids is 1. The molecule has 21 heavy (non-hydrogen) atoms. The average molecular weight is 318 g/mol. The van der Waals surface area contributed by atoms with Crippen LogP contribution in [0.25, 0.3) is 0 Å². The Morgan fingerprint density at radius 1 is 1.24 bits per heavy atom. The number of hydrogen-bond donors (Lipinski definition) is 1. The highest BCUT2D eigenvalue weighted by Crippen LogP contribution is 2.36. The van der Waals surface area contributed by atoms with E-state index in [9.17, 15) is 4.79 Å². The zero-order chi connectivity index (χ0) is 14.6. The fraction of sp³-hybridized carbons (Fsp3) is 0.938. The van der Waals surface area contributed by atoms with E-state index in [1.165, 1.54) is 25.7 Å². The molecule has 4 nitrogen and oxygen atoms in total. The zero-order valence-corrected chi connectivity index (χ0v) is 14.7. The lowest BCUT2D eigenvalue weighted by atomic mass is 9.75. The highest BCUT2D eigenvalue weighted by molar-refractivity contribution is 5.85. The van der Waals surface area contributed by atoms with Crippen molar-refractivity contribution in [2.75, 3.05) is 39.8 Å². The summed E-state index contributed by atoms with van der Waals surface area (Å²) in [5, 5.41) is 3.29. The van der Waals surface area contributed by atoms with Crippen molar-refractivity contribution in [3.05, 3.63) is 0 Å². The molecule has 5 heteroatoms. The monoisotopic (exact) mass is 317 g/mol. The molecule has 0 aromatic rings. The Kier molecular flexibility index (Phi) is 7.45. The van der Waals surface area contributed by atoms with Gasteiger partial charge >= 0.3 is 0 Å². The minimum absolute atomic E-state index is 0. The van der Waals surface area contributed by atoms with Crippen molar-refractivity contribution in [3.8, 4) is 0 Å². The van der Waals surface area contributed by atoms with Crippen LogP contribution in [-0.4, -0.2) is 61.5 Å². The molecule has 0 aromatic heterocycles. The van der Waals surface area contributed by atoms with Crippen LogP contribution in [0.1, 0.15) is 46.0 Å². The average Bonchev–Trinajstić information content (AvgIpc) is 2.45. The Morgan fingerprint density at radius 3 is 2.38 bits per heavy atom. The molecule has 2 fully saturated rings. The van der Waals surface area contributed by atoms with Gasteiger partial charge in [-0.25, -0.2) is 0 Å². The Morgan fingerprint density at radius 2 is 1.81 bits per heavy atom. The third-order valence-electron chi connectivity index (χ3n) is 5.08. The Labute approximate surface area is 136 Å². The van der Waals surface area contributed by atoms with Gasteiger partial charge in [0, 0.05) is 45.2 Å². The number of nitrogens with zero attached hydrogens (tertiary/aromatic N) is 2. The van der Waals surface area contributed by atoms with E-state index in [4.69, 9.17) is 0 Å². The first-order valence-electron chi connectivity index (χ1n) is 8.17. The van der Waals surface area contributed by atoms with Crippen molar-refractivity contribution in [2.45, 2.75) is 52.0 Å². The summed E-state index contributed by atoms with van der Waals surface area (Å²) in [5.41, 5.74) is 0.522. The standard InChI is InChI=1S/C16H31N3O.ClH/c1-16(2)7-4-14(5-8-16)18(3)11-6-15(20)19-12-9-17-10-13-19;/h14,17H,4-13H2,1-3H3;1H. The fourth-order valence-electron chi connectivity index (χ4n) is 3.35. The van der Waals surface area contributed by atoms with Gasteiger partial charge in [0.05, 0.1) is 0 Å². The maximum atomic E-state index is 12.2. The van der Waals surface area contributed by atoms with Gasteiger partial charge in [-0.05, 0) is 38.1 Å². The molecule has 1 N–H and O–H groups in total. The molecule has 0 bridgehead atoms. The smallest absolute Gasteiger partial charge is 0.223 e. The molecule has 0 radical (unpaired) electrons. The summed E-state index contributed by atoms with van der Waals surface area (Å²) in [4.78, 5) is 16.6. The molecule has 1 amide bonds. The fourth-order valence-corrected chi connectivity index (χ4v) is 3.35. The van der Waals surface area contributed by atoms with E-state index in [1.807, 2.05) is 4.90 Å². The molecule has 0 unspecified atom stereocenters. The van der Waals surface area contributed by atoms with Gasteiger partial charge in [-0.15, -0.1) is 12.4 Å². The van der Waals surface area contributed by atoms with Crippen LogP contribution in [0.4, 0.5) is 0 Å². The molecular weight excluding hydrogens is 286 g/mol. The molecule has 2 aliphatic rings. The largest absolute Gasteiger partial charge is 0.340 e. The maximum absolute atomic E-state index is 12.2. The Balaban J connectivity index is 0.00000220. The van der Waals surface area contributed by atoms with Gasteiger partial charge in [0.1, 0.15) is 0 Å². The van der Waals surface area contributed by atoms with Crippen LogP contribution in [0.3, 0.4) is 0 Å². The number of nitrogens with one attached hydrogen (secondary N) is 1. The summed E-state index contributed by atoms with van der Waals surface area (Å²) < 4.78 is 0. The molecule has 1 heterocycles. The molecule has 1 aliphatic carbocycles. The molecule has 2 rings (SSSR count). The van der Waals surface area contributed by atoms with E-state index in [0.29, 0.717) is 23.8 Å². The first-order chi connectivity index (χ1) is 9.48. The molecule has 0 aromatic carbocycles. The highest BCUT2D eigenvalue weighted by atomic mass is 35.5. The lowest BCUT2D eigenvalue weighted by Crippen LogP contribution is -2.47. The van der Waals surface area contributed by atoms with Crippen molar-refractivity contribution in [1.82, 2.24) is 15.1 Å². The van der Waals surface area contributed by atoms with Gasteiger partial charge in [0.25, 0.3) is 0 Å². The predicted molar refractivity (Wildman–Crippen MR) is 90.0 cm³/mol. The van der Waals surface area contributed by atoms with E-state index in [1.54, 1.807) is 0 Å². The molecule has 0 atom stereocenters. The second kappa shape index (κ2) is 8.35. The van der Waals surface area contributed by atoms with E-state index in [-0.39, 0.29) is 12.4 Å². The summed E-state index contributed by atoms with van der Waals surface area (Å²) in [6.07, 6.45) is 5.87. The van der Waals surface area contributed by atoms with Crippen LogP contribution in [0, 0.1) is 5.41 Å². The summed E-state index contributed by atoms with van der Waals surface area (Å²) >= 11 is 0. The second-order valence-corrected chi connectivity index (χ2v) is 7.26. The first-order valence-corrected chi connectivity index (χ1v) is 8.17. The van der Waals surface area contributed by atoms with Gasteiger partial charge in [0.2, 0.25) is 5.91 Å². The van der Waals surface area contributed by atoms with Crippen molar-refractivity contribution < 1.29 is 4.79 Å². The van der Waals surface area contributed by atoms with Crippen LogP contribution in [0.15, 0.2) is 0 Å². The van der Waals surface area contributed by atoms with Crippen molar-refractivity contribution >= 4 is 18.3 Å². The van der Waals surface area contributed by atoms with Crippen molar-refractivity contribution in [2.24, 2.45) is 5.41 Å². The first kappa shape index (κ1) is 18.7. The van der Waals surface area contributed by atoms with E-state index in [0.717, 1.165) is 32.7 Å². The maximum Gasteiger partial charge on any atom is 0.223 e. The SMILES string of the molecule is CN(CCC(=O)N1CCNCC1)C1CCC(C)(C)CC1.Cl. The van der Waals surface area contributed by atoms with Crippen molar-refractivity contribution in [1.29, 1.82) is 0 Å². The third-order valence-corrected chi connectivity index (χ3v) is 5.08. The molecular formula is C16H32ClN3O. The summed E-state index contributed by atoms with van der Waals surface area (Å²) in [6.45, 7) is 9.29. The minimum Gasteiger partial charge on any atom is -0.340 e. The highest BCUT2D eigenvalue weighted by Gasteiger charge is 2.29. The molecule has 1 aliphatic heterocycles. The van der Waals surface area contributed by atoms with Gasteiger partial charge in [-0.3, -0.25) is 4.79 Å². The topological polar surface area (TPSA) is 35.6 Å². The van der Waals surface area contributed by atoms with E-state index in [2.05, 4.69) is 31.1 Å². The van der Waals surface area contributed by atoms with Crippen LogP contribution in [-0.2, 0) is 4.79 Å². The van der Waals surface area contributed by atoms with Crippen molar-refractivity contribution in [3.63, 3.8) is 0 Å². The minimum atomic E-state index is 0. The van der Waals surface area contributed by atoms with Gasteiger partial charge in [-0.1, -0.05) is 13.8 Å². The van der Waals surface area contributed by atoms with Gasteiger partial charge in [0.15, 0.2) is 0 Å². The predicted octanol–water partition coefficient (Wildman–Crippen LogP) is 2.13. The number of amides is 1. The summed E-state index contributed by atoms with van der Waals surface area (Å²) in [5.74, 6) is 0.328. The molecule has 1 saturated heterocycles. The zero-order valence-electron chi connectivity index (χ0n) is 13.9. The quantitative estimate of drug-likeness (QED) is 0.863. The number of hydrogen-bond acceptors (Lipinski definition) is 3. The normalized spacial score (nSPS) is 23.0. The lowest BCUT2D eigenvalue weighted by Gasteiger charge is -2.38. The number of carbonyl (C=O) groups is 1. The Hall–Kier alpha value is -0.320. The molecule has 1 saturated carbocycles. The molecule has 0 spiro atoms. The van der Waals surface area contributed by atoms with Crippen LogP contribution >= 0.6 is 12.4 Å².